The van der Waals surface area contributed by atoms with Crippen LogP contribution in [0.2, 0.25) is 0 Å². The summed E-state index contributed by atoms with van der Waals surface area (Å²) in [7, 11) is 0. The van der Waals surface area contributed by atoms with E-state index in [-0.39, 0.29) is 41.0 Å². The number of ketones is 1. The zero-order valence-corrected chi connectivity index (χ0v) is 20.1. The second-order valence-electron chi connectivity index (χ2n) is 11.5. The fourth-order valence-corrected chi connectivity index (χ4v) is 8.64. The van der Waals surface area contributed by atoms with E-state index < -0.39 is 17.0 Å². The molecule has 0 amide bonds. The second kappa shape index (κ2) is 6.91. The Morgan fingerprint density at radius 1 is 1.12 bits per heavy atom. The lowest BCUT2D eigenvalue weighted by Crippen LogP contribution is -2.59. The quantitative estimate of drug-likeness (QED) is 0.648. The highest BCUT2D eigenvalue weighted by Crippen LogP contribution is 2.83. The van der Waals surface area contributed by atoms with Crippen molar-refractivity contribution in [1.82, 2.24) is 0 Å². The molecule has 0 aromatic heterocycles. The van der Waals surface area contributed by atoms with E-state index in [9.17, 15) is 19.5 Å². The van der Waals surface area contributed by atoms with Crippen LogP contribution in [0, 0.1) is 39.9 Å². The third-order valence-corrected chi connectivity index (χ3v) is 10.1. The largest absolute Gasteiger partial charge is 0.458 e. The van der Waals surface area contributed by atoms with Crippen LogP contribution in [0.15, 0.2) is 35.6 Å². The number of esters is 2. The van der Waals surface area contributed by atoms with E-state index >= 15 is 0 Å². The number of carbonyl (C=O) groups is 3. The maximum Gasteiger partial charge on any atom is 0.308 e. The first kappa shape index (κ1) is 22.6. The Balaban J connectivity index is 1.50. The molecule has 6 heteroatoms. The SMILES string of the molecule is CC(=O)OCC(=O)[C@@]1(O)[C@H](C)CC2C3CC=C4C=C(OC(C)=O)C=C[C@]4(C)[C@@]34C[C@H]4C[C@@]21C. The van der Waals surface area contributed by atoms with Crippen molar-refractivity contribution in [2.24, 2.45) is 39.9 Å². The van der Waals surface area contributed by atoms with Gasteiger partial charge in [0, 0.05) is 24.7 Å². The number of hydrogen-bond acceptors (Lipinski definition) is 6. The van der Waals surface area contributed by atoms with Crippen LogP contribution in [0.4, 0.5) is 0 Å². The maximum absolute atomic E-state index is 13.2. The topological polar surface area (TPSA) is 89.9 Å². The van der Waals surface area contributed by atoms with E-state index in [1.54, 1.807) is 0 Å². The molecular weight excluding hydrogens is 420 g/mol. The molecule has 0 radical (unpaired) electrons. The van der Waals surface area contributed by atoms with Gasteiger partial charge >= 0.3 is 11.9 Å². The lowest BCUT2D eigenvalue weighted by molar-refractivity contribution is -0.173. The Morgan fingerprint density at radius 2 is 1.85 bits per heavy atom. The van der Waals surface area contributed by atoms with Gasteiger partial charge in [-0.05, 0) is 72.5 Å². The van der Waals surface area contributed by atoms with E-state index in [2.05, 4.69) is 26.0 Å². The normalized spacial score (nSPS) is 46.6. The van der Waals surface area contributed by atoms with Gasteiger partial charge in [-0.2, -0.15) is 0 Å². The fourth-order valence-electron chi connectivity index (χ4n) is 8.64. The molecule has 0 heterocycles. The van der Waals surface area contributed by atoms with E-state index in [0.717, 1.165) is 25.7 Å². The highest BCUT2D eigenvalue weighted by Gasteiger charge is 2.79. The van der Waals surface area contributed by atoms with Crippen molar-refractivity contribution >= 4 is 17.7 Å². The number of rotatable bonds is 4. The van der Waals surface area contributed by atoms with E-state index in [1.165, 1.54) is 19.4 Å². The molecule has 0 aromatic carbocycles. The molecule has 2 unspecified atom stereocenters. The number of allylic oxidation sites excluding steroid dienone is 5. The smallest absolute Gasteiger partial charge is 0.308 e. The Hall–Kier alpha value is -2.21. The molecule has 178 valence electrons. The van der Waals surface area contributed by atoms with Crippen molar-refractivity contribution < 1.29 is 29.0 Å². The molecule has 5 aliphatic rings. The second-order valence-corrected chi connectivity index (χ2v) is 11.5. The number of aliphatic hydroxyl groups is 1. The summed E-state index contributed by atoms with van der Waals surface area (Å²) < 4.78 is 10.4. The van der Waals surface area contributed by atoms with Crippen molar-refractivity contribution in [3.05, 3.63) is 35.6 Å². The summed E-state index contributed by atoms with van der Waals surface area (Å²) in [5, 5.41) is 11.9. The summed E-state index contributed by atoms with van der Waals surface area (Å²) in [5.41, 5.74) is -0.886. The number of carbonyl (C=O) groups excluding carboxylic acids is 3. The molecule has 0 aromatic rings. The van der Waals surface area contributed by atoms with Crippen LogP contribution in [0.25, 0.3) is 0 Å². The van der Waals surface area contributed by atoms with Gasteiger partial charge in [0.15, 0.2) is 6.61 Å². The molecule has 5 rings (SSSR count). The Kier molecular flexibility index (Phi) is 4.73. The van der Waals surface area contributed by atoms with Crippen LogP contribution >= 0.6 is 0 Å². The van der Waals surface area contributed by atoms with Gasteiger partial charge in [-0.1, -0.05) is 32.9 Å². The summed E-state index contributed by atoms with van der Waals surface area (Å²) in [5.74, 6) is 0.169. The Bertz CT molecular complexity index is 1040. The van der Waals surface area contributed by atoms with E-state index in [1.807, 2.05) is 19.1 Å². The molecule has 0 saturated heterocycles. The zero-order chi connectivity index (χ0) is 24.0. The number of ether oxygens (including phenoxy) is 2. The molecule has 3 saturated carbocycles. The average molecular weight is 455 g/mol. The molecule has 33 heavy (non-hydrogen) atoms. The number of hydrogen-bond donors (Lipinski definition) is 1. The first-order valence-electron chi connectivity index (χ1n) is 12.1. The summed E-state index contributed by atoms with van der Waals surface area (Å²) >= 11 is 0. The standard InChI is InChI=1S/C27H34O6/c1-15-10-22-21-7-6-18-11-20(33-17(3)29)8-9-24(18,4)26(21)13-19(26)12-25(22,5)27(15,31)23(30)14-32-16(2)28/h6,8-9,11,15,19,21-22,31H,7,10,12-14H2,1-5H3/t15-,19-,21?,22?,24+,25+,26-,27+/m1/s1. The molecule has 0 bridgehead atoms. The zero-order valence-electron chi connectivity index (χ0n) is 20.1. The van der Waals surface area contributed by atoms with Crippen molar-refractivity contribution in [1.29, 1.82) is 0 Å². The van der Waals surface area contributed by atoms with Gasteiger partial charge in [-0.25, -0.2) is 0 Å². The van der Waals surface area contributed by atoms with Crippen molar-refractivity contribution in [3.63, 3.8) is 0 Å². The van der Waals surface area contributed by atoms with Crippen molar-refractivity contribution in [3.8, 4) is 0 Å². The molecule has 0 aliphatic heterocycles. The Labute approximate surface area is 195 Å². The monoisotopic (exact) mass is 454 g/mol. The van der Waals surface area contributed by atoms with Crippen LogP contribution in [-0.2, 0) is 23.9 Å². The highest BCUT2D eigenvalue weighted by molar-refractivity contribution is 5.91. The van der Waals surface area contributed by atoms with Gasteiger partial charge in [-0.3, -0.25) is 14.4 Å². The molecule has 1 N–H and O–H groups in total. The molecule has 5 aliphatic carbocycles. The first-order valence-corrected chi connectivity index (χ1v) is 12.1. The lowest BCUT2D eigenvalue weighted by atomic mass is 9.47. The molecule has 3 fully saturated rings. The minimum atomic E-state index is -1.49. The number of Topliss-reactive ketones (excluding diaryl/α,β-unsaturated/α-hetero) is 1. The van der Waals surface area contributed by atoms with Crippen LogP contribution in [0.3, 0.4) is 0 Å². The van der Waals surface area contributed by atoms with Gasteiger partial charge in [0.05, 0.1) is 0 Å². The van der Waals surface area contributed by atoms with Crippen LogP contribution in [0.5, 0.6) is 0 Å². The van der Waals surface area contributed by atoms with Crippen LogP contribution in [-0.4, -0.2) is 35.0 Å². The molecule has 6 nitrogen and oxygen atoms in total. The molecular formula is C27H34O6. The fraction of sp³-hybridized carbons (Fsp3) is 0.667. The van der Waals surface area contributed by atoms with Gasteiger partial charge < -0.3 is 14.6 Å². The van der Waals surface area contributed by atoms with Gasteiger partial charge in [0.1, 0.15) is 11.4 Å². The highest BCUT2D eigenvalue weighted by atomic mass is 16.5. The minimum absolute atomic E-state index is 0.0971. The lowest BCUT2D eigenvalue weighted by Gasteiger charge is -2.57. The average Bonchev–Trinajstić information content (AvgIpc) is 3.41. The van der Waals surface area contributed by atoms with Crippen molar-refractivity contribution in [2.75, 3.05) is 6.61 Å². The summed E-state index contributed by atoms with van der Waals surface area (Å²) in [6.45, 7) is 8.68. The van der Waals surface area contributed by atoms with Crippen LogP contribution in [0.1, 0.15) is 60.3 Å². The van der Waals surface area contributed by atoms with Crippen molar-refractivity contribution in [2.45, 2.75) is 65.9 Å². The minimum Gasteiger partial charge on any atom is -0.458 e. The first-order chi connectivity index (χ1) is 15.4. The van der Waals surface area contributed by atoms with E-state index in [0.29, 0.717) is 17.6 Å². The molecule has 1 spiro atoms. The Morgan fingerprint density at radius 3 is 2.52 bits per heavy atom. The van der Waals surface area contributed by atoms with Crippen LogP contribution < -0.4 is 0 Å². The third kappa shape index (κ3) is 2.73. The van der Waals surface area contributed by atoms with Gasteiger partial charge in [-0.15, -0.1) is 0 Å². The summed E-state index contributed by atoms with van der Waals surface area (Å²) in [6, 6.07) is 0. The molecule has 8 atom stereocenters. The summed E-state index contributed by atoms with van der Waals surface area (Å²) in [4.78, 5) is 36.0. The maximum atomic E-state index is 13.2. The summed E-state index contributed by atoms with van der Waals surface area (Å²) in [6.07, 6.45) is 11.9. The van der Waals surface area contributed by atoms with Gasteiger partial charge in [0.25, 0.3) is 0 Å². The van der Waals surface area contributed by atoms with E-state index in [4.69, 9.17) is 9.47 Å². The van der Waals surface area contributed by atoms with Gasteiger partial charge in [0.2, 0.25) is 5.78 Å². The predicted molar refractivity (Wildman–Crippen MR) is 120 cm³/mol. The number of fused-ring (bicyclic) bond motifs is 3. The third-order valence-electron chi connectivity index (χ3n) is 10.1. The predicted octanol–water partition coefficient (Wildman–Crippen LogP) is 3.89.